The molecule has 0 aliphatic heterocycles. The van der Waals surface area contributed by atoms with Gasteiger partial charge >= 0.3 is 0 Å². The number of Topliss-reactive ketones (excluding diaryl/α,β-unsaturated/α-hetero) is 2. The van der Waals surface area contributed by atoms with Crippen LogP contribution in [0.1, 0.15) is 47.7 Å². The molecule has 0 saturated heterocycles. The molecular weight excluding hydrogens is 200 g/mol. The highest BCUT2D eigenvalue weighted by atomic mass is 16.1. The number of carbonyl (C=O) groups excluding carboxylic acids is 2. The molecule has 0 bridgehead atoms. The second-order valence-electron chi connectivity index (χ2n) is 4.27. The van der Waals surface area contributed by atoms with Gasteiger partial charge in [0.25, 0.3) is 0 Å². The number of benzene rings is 1. The molecule has 16 heavy (non-hydrogen) atoms. The van der Waals surface area contributed by atoms with Crippen molar-refractivity contribution in [1.82, 2.24) is 0 Å². The minimum absolute atomic E-state index is 0.0339. The fourth-order valence-corrected chi connectivity index (χ4v) is 1.78. The van der Waals surface area contributed by atoms with Gasteiger partial charge in [0.1, 0.15) is 5.78 Å². The van der Waals surface area contributed by atoms with Gasteiger partial charge in [0.05, 0.1) is 6.42 Å². The van der Waals surface area contributed by atoms with Crippen molar-refractivity contribution >= 4 is 11.6 Å². The van der Waals surface area contributed by atoms with E-state index in [0.29, 0.717) is 12.0 Å². The number of ketones is 2. The average Bonchev–Trinajstić information content (AvgIpc) is 2.16. The van der Waals surface area contributed by atoms with Crippen molar-refractivity contribution in [2.75, 3.05) is 0 Å². The van der Waals surface area contributed by atoms with Gasteiger partial charge in [-0.05, 0) is 32.4 Å². The van der Waals surface area contributed by atoms with Crippen LogP contribution in [0.25, 0.3) is 0 Å². The van der Waals surface area contributed by atoms with Crippen molar-refractivity contribution in [3.8, 4) is 0 Å². The molecule has 0 spiro atoms. The van der Waals surface area contributed by atoms with Crippen LogP contribution in [0, 0.1) is 13.8 Å². The summed E-state index contributed by atoms with van der Waals surface area (Å²) in [6, 6.07) is 5.70. The molecule has 86 valence electrons. The minimum Gasteiger partial charge on any atom is -0.299 e. The van der Waals surface area contributed by atoms with Crippen LogP contribution in [0.5, 0.6) is 0 Å². The largest absolute Gasteiger partial charge is 0.299 e. The maximum Gasteiger partial charge on any atom is 0.170 e. The van der Waals surface area contributed by atoms with Gasteiger partial charge in [0.15, 0.2) is 5.78 Å². The second kappa shape index (κ2) is 5.59. The monoisotopic (exact) mass is 218 g/mol. The van der Waals surface area contributed by atoms with E-state index in [-0.39, 0.29) is 18.0 Å². The third-order valence-electron chi connectivity index (χ3n) is 2.43. The first-order valence-corrected chi connectivity index (χ1v) is 5.66. The van der Waals surface area contributed by atoms with E-state index in [9.17, 15) is 9.59 Å². The van der Waals surface area contributed by atoms with Crippen LogP contribution in [0.3, 0.4) is 0 Å². The molecule has 0 unspecified atom stereocenters. The zero-order valence-electron chi connectivity index (χ0n) is 10.2. The van der Waals surface area contributed by atoms with Gasteiger partial charge in [-0.25, -0.2) is 0 Å². The smallest absolute Gasteiger partial charge is 0.170 e. The van der Waals surface area contributed by atoms with Gasteiger partial charge in [0, 0.05) is 12.0 Å². The summed E-state index contributed by atoms with van der Waals surface area (Å²) in [6.07, 6.45) is 1.34. The van der Waals surface area contributed by atoms with E-state index < -0.39 is 0 Å². The Labute approximate surface area is 96.7 Å². The van der Waals surface area contributed by atoms with Crippen LogP contribution >= 0.6 is 0 Å². The highest BCUT2D eigenvalue weighted by Crippen LogP contribution is 2.11. The molecule has 0 amide bonds. The van der Waals surface area contributed by atoms with Crippen LogP contribution in [0.2, 0.25) is 0 Å². The molecule has 0 atom stereocenters. The summed E-state index contributed by atoms with van der Waals surface area (Å²) < 4.78 is 0. The maximum absolute atomic E-state index is 11.8. The van der Waals surface area contributed by atoms with E-state index in [1.165, 1.54) is 0 Å². The van der Waals surface area contributed by atoms with Crippen molar-refractivity contribution in [2.45, 2.75) is 40.0 Å². The molecule has 2 nitrogen and oxygen atoms in total. The van der Waals surface area contributed by atoms with Gasteiger partial charge in [0.2, 0.25) is 0 Å². The van der Waals surface area contributed by atoms with Crippen molar-refractivity contribution < 1.29 is 9.59 Å². The van der Waals surface area contributed by atoms with Gasteiger partial charge in [-0.3, -0.25) is 9.59 Å². The molecule has 0 aromatic heterocycles. The summed E-state index contributed by atoms with van der Waals surface area (Å²) in [4.78, 5) is 23.2. The number of carbonyl (C=O) groups is 2. The van der Waals surface area contributed by atoms with E-state index in [4.69, 9.17) is 0 Å². The van der Waals surface area contributed by atoms with Crippen LogP contribution in [-0.2, 0) is 4.79 Å². The lowest BCUT2D eigenvalue weighted by Gasteiger charge is -2.03. The third-order valence-corrected chi connectivity index (χ3v) is 2.43. The fourth-order valence-electron chi connectivity index (χ4n) is 1.78. The van der Waals surface area contributed by atoms with E-state index in [1.54, 1.807) is 0 Å². The van der Waals surface area contributed by atoms with Crippen LogP contribution in [0.4, 0.5) is 0 Å². The summed E-state index contributed by atoms with van der Waals surface area (Å²) in [5.74, 6) is -0.0306. The standard InChI is InChI=1S/C14H18O2/c1-4-5-13(15)9-14(16)12-7-10(2)6-11(3)8-12/h6-8H,4-5,9H2,1-3H3. The van der Waals surface area contributed by atoms with E-state index in [0.717, 1.165) is 17.5 Å². The Balaban J connectivity index is 2.76. The lowest BCUT2D eigenvalue weighted by atomic mass is 10.00. The Morgan fingerprint density at radius 1 is 1.06 bits per heavy atom. The Kier molecular flexibility index (Phi) is 4.41. The molecule has 0 heterocycles. The number of hydrogen-bond acceptors (Lipinski definition) is 2. The van der Waals surface area contributed by atoms with Gasteiger partial charge in [-0.1, -0.05) is 24.1 Å². The molecule has 0 aliphatic carbocycles. The fraction of sp³-hybridized carbons (Fsp3) is 0.429. The normalized spacial score (nSPS) is 10.2. The zero-order valence-corrected chi connectivity index (χ0v) is 10.2. The first kappa shape index (κ1) is 12.6. The van der Waals surface area contributed by atoms with Crippen molar-refractivity contribution in [1.29, 1.82) is 0 Å². The van der Waals surface area contributed by atoms with Gasteiger partial charge < -0.3 is 0 Å². The maximum atomic E-state index is 11.8. The Morgan fingerprint density at radius 3 is 2.12 bits per heavy atom. The molecule has 1 aromatic carbocycles. The van der Waals surface area contributed by atoms with Crippen molar-refractivity contribution in [3.63, 3.8) is 0 Å². The molecule has 0 fully saturated rings. The second-order valence-corrected chi connectivity index (χ2v) is 4.27. The Hall–Kier alpha value is -1.44. The number of hydrogen-bond donors (Lipinski definition) is 0. The van der Waals surface area contributed by atoms with E-state index in [2.05, 4.69) is 0 Å². The zero-order chi connectivity index (χ0) is 12.1. The lowest BCUT2D eigenvalue weighted by molar-refractivity contribution is -0.118. The van der Waals surface area contributed by atoms with E-state index in [1.807, 2.05) is 39.0 Å². The first-order valence-electron chi connectivity index (χ1n) is 5.66. The summed E-state index contributed by atoms with van der Waals surface area (Å²) in [6.45, 7) is 5.86. The van der Waals surface area contributed by atoms with Crippen LogP contribution in [-0.4, -0.2) is 11.6 Å². The average molecular weight is 218 g/mol. The topological polar surface area (TPSA) is 34.1 Å². The number of aryl methyl sites for hydroxylation is 2. The minimum atomic E-state index is -0.0646. The third kappa shape index (κ3) is 3.61. The molecular formula is C14H18O2. The van der Waals surface area contributed by atoms with Crippen LogP contribution in [0.15, 0.2) is 18.2 Å². The summed E-state index contributed by atoms with van der Waals surface area (Å²) in [5.41, 5.74) is 2.78. The number of rotatable bonds is 5. The van der Waals surface area contributed by atoms with Crippen molar-refractivity contribution in [2.24, 2.45) is 0 Å². The molecule has 0 aliphatic rings. The van der Waals surface area contributed by atoms with Gasteiger partial charge in [-0.15, -0.1) is 0 Å². The Bertz CT molecular complexity index is 385. The van der Waals surface area contributed by atoms with Crippen LogP contribution < -0.4 is 0 Å². The van der Waals surface area contributed by atoms with Crippen molar-refractivity contribution in [3.05, 3.63) is 34.9 Å². The Morgan fingerprint density at radius 2 is 1.62 bits per heavy atom. The predicted octanol–water partition coefficient (Wildman–Crippen LogP) is 3.25. The molecule has 2 heteroatoms. The summed E-state index contributed by atoms with van der Waals surface area (Å²) >= 11 is 0. The predicted molar refractivity (Wildman–Crippen MR) is 64.8 cm³/mol. The molecule has 0 N–H and O–H groups in total. The molecule has 1 rings (SSSR count). The summed E-state index contributed by atoms with van der Waals surface area (Å²) in [5, 5.41) is 0. The summed E-state index contributed by atoms with van der Waals surface area (Å²) in [7, 11) is 0. The lowest BCUT2D eigenvalue weighted by Crippen LogP contribution is -2.08. The highest BCUT2D eigenvalue weighted by molar-refractivity contribution is 6.08. The van der Waals surface area contributed by atoms with Gasteiger partial charge in [-0.2, -0.15) is 0 Å². The molecule has 0 saturated carbocycles. The SMILES string of the molecule is CCCC(=O)CC(=O)c1cc(C)cc(C)c1. The highest BCUT2D eigenvalue weighted by Gasteiger charge is 2.11. The quantitative estimate of drug-likeness (QED) is 0.561. The van der Waals surface area contributed by atoms with E-state index >= 15 is 0 Å². The molecule has 1 aromatic rings. The first-order chi connectivity index (χ1) is 7.52. The molecule has 0 radical (unpaired) electrons.